The van der Waals surface area contributed by atoms with Gasteiger partial charge in [0.1, 0.15) is 0 Å². The highest BCUT2D eigenvalue weighted by Gasteiger charge is 2.25. The van der Waals surface area contributed by atoms with Gasteiger partial charge in [0.05, 0.1) is 18.8 Å². The van der Waals surface area contributed by atoms with Crippen LogP contribution in [0.15, 0.2) is 6.20 Å². The van der Waals surface area contributed by atoms with Gasteiger partial charge in [0.25, 0.3) is 0 Å². The van der Waals surface area contributed by atoms with Gasteiger partial charge < -0.3 is 10.4 Å². The van der Waals surface area contributed by atoms with Gasteiger partial charge in [0.2, 0.25) is 11.8 Å². The van der Waals surface area contributed by atoms with Gasteiger partial charge in [0.15, 0.2) is 5.69 Å². The number of carbonyl (C=O) groups excluding carboxylic acids is 2. The Kier molecular flexibility index (Phi) is 3.85. The average molecular weight is 267 g/mol. The Hall–Kier alpha value is -2.29. The first-order valence-corrected chi connectivity index (χ1v) is 5.77. The Bertz CT molecular complexity index is 512. The molecule has 1 atom stereocenters. The van der Waals surface area contributed by atoms with Gasteiger partial charge in [-0.15, -0.1) is 5.10 Å². The van der Waals surface area contributed by atoms with Gasteiger partial charge in [-0.1, -0.05) is 5.21 Å². The number of hydrogen-bond acceptors (Lipinski definition) is 6. The predicted octanol–water partition coefficient (Wildman–Crippen LogP) is -1.63. The van der Waals surface area contributed by atoms with E-state index in [0.717, 1.165) is 0 Å². The zero-order chi connectivity index (χ0) is 13.8. The van der Waals surface area contributed by atoms with Crippen molar-refractivity contribution in [3.05, 3.63) is 11.9 Å². The first-order valence-electron chi connectivity index (χ1n) is 5.77. The number of carboxylic acid groups (broad SMARTS) is 1. The molecule has 1 saturated heterocycles. The summed E-state index contributed by atoms with van der Waals surface area (Å²) in [6, 6.07) is -0.403. The number of aromatic nitrogens is 3. The maximum absolute atomic E-state index is 11.4. The molecule has 0 aliphatic carbocycles. The monoisotopic (exact) mass is 267 g/mol. The second-order valence-corrected chi connectivity index (χ2v) is 4.13. The molecule has 0 saturated carbocycles. The minimum atomic E-state index is -1.13. The first-order chi connectivity index (χ1) is 9.06. The van der Waals surface area contributed by atoms with Crippen LogP contribution in [0.1, 0.15) is 23.3 Å². The van der Waals surface area contributed by atoms with Crippen LogP contribution < -0.4 is 10.6 Å². The molecule has 0 radical (unpaired) electrons. The van der Waals surface area contributed by atoms with E-state index in [2.05, 4.69) is 20.9 Å². The number of amides is 2. The molecule has 3 N–H and O–H groups in total. The van der Waals surface area contributed by atoms with Crippen molar-refractivity contribution in [2.24, 2.45) is 0 Å². The fourth-order valence-electron chi connectivity index (χ4n) is 1.75. The number of carboxylic acids is 1. The minimum Gasteiger partial charge on any atom is -0.476 e. The van der Waals surface area contributed by atoms with Gasteiger partial charge in [-0.2, -0.15) is 0 Å². The maximum Gasteiger partial charge on any atom is 0.358 e. The number of imide groups is 1. The third kappa shape index (κ3) is 3.35. The van der Waals surface area contributed by atoms with Crippen molar-refractivity contribution in [3.63, 3.8) is 0 Å². The summed E-state index contributed by atoms with van der Waals surface area (Å²) in [7, 11) is 0. The molecule has 0 aromatic carbocycles. The number of carbonyl (C=O) groups is 3. The predicted molar refractivity (Wildman–Crippen MR) is 61.2 cm³/mol. The third-order valence-corrected chi connectivity index (χ3v) is 2.73. The van der Waals surface area contributed by atoms with Crippen molar-refractivity contribution < 1.29 is 19.5 Å². The molecule has 1 aromatic rings. The fraction of sp³-hybridized carbons (Fsp3) is 0.500. The van der Waals surface area contributed by atoms with E-state index in [0.29, 0.717) is 25.9 Å². The lowest BCUT2D eigenvalue weighted by molar-refractivity contribution is -0.134. The zero-order valence-electron chi connectivity index (χ0n) is 10.00. The van der Waals surface area contributed by atoms with Crippen LogP contribution in [0.5, 0.6) is 0 Å². The number of nitrogens with one attached hydrogen (secondary N) is 2. The molecule has 9 heteroatoms. The third-order valence-electron chi connectivity index (χ3n) is 2.73. The summed E-state index contributed by atoms with van der Waals surface area (Å²) in [6.45, 7) is 0.812. The lowest BCUT2D eigenvalue weighted by atomic mass is 10.1. The fourth-order valence-corrected chi connectivity index (χ4v) is 1.75. The molecular weight excluding hydrogens is 254 g/mol. The lowest BCUT2D eigenvalue weighted by Gasteiger charge is -2.21. The first kappa shape index (κ1) is 13.1. The number of rotatable bonds is 5. The molecule has 1 fully saturated rings. The van der Waals surface area contributed by atoms with Gasteiger partial charge in [-0.05, 0) is 6.42 Å². The zero-order valence-corrected chi connectivity index (χ0v) is 10.00. The van der Waals surface area contributed by atoms with E-state index in [1.165, 1.54) is 10.9 Å². The average Bonchev–Trinajstić information content (AvgIpc) is 2.81. The SMILES string of the molecule is O=C1CCC(NCCn2cc(C(=O)O)nn2)C(=O)N1. The molecule has 102 valence electrons. The molecule has 1 aromatic heterocycles. The normalized spacial score (nSPS) is 19.3. The lowest BCUT2D eigenvalue weighted by Crippen LogP contribution is -2.51. The summed E-state index contributed by atoms with van der Waals surface area (Å²) in [5.41, 5.74) is -0.124. The highest BCUT2D eigenvalue weighted by Crippen LogP contribution is 2.03. The quantitative estimate of drug-likeness (QED) is 0.547. The van der Waals surface area contributed by atoms with Crippen LogP contribution in [0.3, 0.4) is 0 Å². The van der Waals surface area contributed by atoms with Gasteiger partial charge in [0, 0.05) is 13.0 Å². The minimum absolute atomic E-state index is 0.124. The Morgan fingerprint density at radius 3 is 3.00 bits per heavy atom. The molecule has 0 bridgehead atoms. The largest absolute Gasteiger partial charge is 0.476 e. The standard InChI is InChI=1S/C10H13N5O4/c16-8-2-1-6(9(17)12-8)11-3-4-15-5-7(10(18)19)13-14-15/h5-6,11H,1-4H2,(H,18,19)(H,12,16,17). The Balaban J connectivity index is 1.78. The van der Waals surface area contributed by atoms with Crippen LogP contribution in [-0.2, 0) is 16.1 Å². The molecule has 2 rings (SSSR count). The van der Waals surface area contributed by atoms with Crippen molar-refractivity contribution >= 4 is 17.8 Å². The van der Waals surface area contributed by atoms with Crippen LogP contribution in [-0.4, -0.2) is 50.5 Å². The van der Waals surface area contributed by atoms with Gasteiger partial charge >= 0.3 is 5.97 Å². The van der Waals surface area contributed by atoms with Crippen molar-refractivity contribution in [2.45, 2.75) is 25.4 Å². The van der Waals surface area contributed by atoms with E-state index in [-0.39, 0.29) is 17.5 Å². The number of aromatic carboxylic acids is 1. The van der Waals surface area contributed by atoms with E-state index in [1.807, 2.05) is 0 Å². The topological polar surface area (TPSA) is 126 Å². The van der Waals surface area contributed by atoms with Crippen molar-refractivity contribution in [1.82, 2.24) is 25.6 Å². The van der Waals surface area contributed by atoms with E-state index >= 15 is 0 Å². The highest BCUT2D eigenvalue weighted by atomic mass is 16.4. The smallest absolute Gasteiger partial charge is 0.358 e. The Morgan fingerprint density at radius 1 is 1.58 bits per heavy atom. The summed E-state index contributed by atoms with van der Waals surface area (Å²) in [5, 5.41) is 21.0. The van der Waals surface area contributed by atoms with Crippen LogP contribution >= 0.6 is 0 Å². The summed E-state index contributed by atoms with van der Waals surface area (Å²) in [5.74, 6) is -1.73. The molecule has 2 heterocycles. The molecule has 1 unspecified atom stereocenters. The summed E-state index contributed by atoms with van der Waals surface area (Å²) < 4.78 is 1.38. The van der Waals surface area contributed by atoms with E-state index in [9.17, 15) is 14.4 Å². The Morgan fingerprint density at radius 2 is 2.37 bits per heavy atom. The van der Waals surface area contributed by atoms with Crippen molar-refractivity contribution in [3.8, 4) is 0 Å². The molecule has 1 aliphatic heterocycles. The second-order valence-electron chi connectivity index (χ2n) is 4.13. The van der Waals surface area contributed by atoms with Crippen LogP contribution in [0, 0.1) is 0 Å². The van der Waals surface area contributed by atoms with E-state index in [1.54, 1.807) is 0 Å². The molecule has 9 nitrogen and oxygen atoms in total. The van der Waals surface area contributed by atoms with Gasteiger partial charge in [-0.25, -0.2) is 4.79 Å². The van der Waals surface area contributed by atoms with Crippen LogP contribution in [0.4, 0.5) is 0 Å². The summed E-state index contributed by atoms with van der Waals surface area (Å²) in [6.07, 6.45) is 2.09. The van der Waals surface area contributed by atoms with Gasteiger partial charge in [-0.3, -0.25) is 19.6 Å². The summed E-state index contributed by atoms with van der Waals surface area (Å²) >= 11 is 0. The van der Waals surface area contributed by atoms with Crippen molar-refractivity contribution in [2.75, 3.05) is 6.54 Å². The van der Waals surface area contributed by atoms with Crippen LogP contribution in [0.25, 0.3) is 0 Å². The number of hydrogen-bond donors (Lipinski definition) is 3. The Labute approximate surface area is 108 Å². The van der Waals surface area contributed by atoms with E-state index < -0.39 is 12.0 Å². The number of nitrogens with zero attached hydrogens (tertiary/aromatic N) is 3. The van der Waals surface area contributed by atoms with Crippen LogP contribution in [0.2, 0.25) is 0 Å². The second kappa shape index (κ2) is 5.57. The summed E-state index contributed by atoms with van der Waals surface area (Å²) in [4.78, 5) is 33.0. The van der Waals surface area contributed by atoms with E-state index in [4.69, 9.17) is 5.11 Å². The molecular formula is C10H13N5O4. The molecule has 19 heavy (non-hydrogen) atoms. The molecule has 2 amide bonds. The number of piperidine rings is 1. The van der Waals surface area contributed by atoms with Crippen molar-refractivity contribution in [1.29, 1.82) is 0 Å². The molecule has 0 spiro atoms. The maximum atomic E-state index is 11.4. The molecule has 1 aliphatic rings. The highest BCUT2D eigenvalue weighted by molar-refractivity contribution is 6.00.